The lowest BCUT2D eigenvalue weighted by Gasteiger charge is -2.09. The standard InChI is InChI=1S/C17H16N2O4/c1-10-5-4-6-14-18-15(16(17(20)21)19(10)14)11-7-8-12(22-2)13(9-11)23-3/h4-9H,1-3H3,(H,20,21). The van der Waals surface area contributed by atoms with Crippen molar-refractivity contribution in [1.29, 1.82) is 0 Å². The van der Waals surface area contributed by atoms with E-state index in [1.54, 1.807) is 35.8 Å². The van der Waals surface area contributed by atoms with Crippen LogP contribution in [0.25, 0.3) is 16.9 Å². The summed E-state index contributed by atoms with van der Waals surface area (Å²) in [5, 5.41) is 9.65. The number of methoxy groups -OCH3 is 2. The van der Waals surface area contributed by atoms with Gasteiger partial charge in [-0.2, -0.15) is 0 Å². The molecule has 1 N–H and O–H groups in total. The number of benzene rings is 1. The summed E-state index contributed by atoms with van der Waals surface area (Å²) in [5.41, 5.74) is 2.58. The molecule has 0 aliphatic carbocycles. The van der Waals surface area contributed by atoms with Crippen LogP contribution >= 0.6 is 0 Å². The van der Waals surface area contributed by atoms with E-state index in [1.807, 2.05) is 19.1 Å². The van der Waals surface area contributed by atoms with Gasteiger partial charge in [-0.3, -0.25) is 4.40 Å². The molecule has 0 fully saturated rings. The smallest absolute Gasteiger partial charge is 0.355 e. The van der Waals surface area contributed by atoms with Crippen LogP contribution in [0, 0.1) is 6.92 Å². The maximum absolute atomic E-state index is 11.8. The SMILES string of the molecule is COc1ccc(-c2nc3cccc(C)n3c2C(=O)O)cc1OC. The highest BCUT2D eigenvalue weighted by atomic mass is 16.5. The maximum atomic E-state index is 11.8. The van der Waals surface area contributed by atoms with E-state index < -0.39 is 5.97 Å². The number of carboxylic acid groups (broad SMARTS) is 1. The number of carbonyl (C=O) groups is 1. The summed E-state index contributed by atoms with van der Waals surface area (Å²) >= 11 is 0. The molecular formula is C17H16N2O4. The van der Waals surface area contributed by atoms with Gasteiger partial charge in [-0.1, -0.05) is 6.07 Å². The Hall–Kier alpha value is -3.02. The summed E-state index contributed by atoms with van der Waals surface area (Å²) in [6.45, 7) is 1.85. The summed E-state index contributed by atoms with van der Waals surface area (Å²) in [6.07, 6.45) is 0. The molecule has 0 atom stereocenters. The van der Waals surface area contributed by atoms with Crippen molar-refractivity contribution >= 4 is 11.6 Å². The Morgan fingerprint density at radius 2 is 1.87 bits per heavy atom. The Morgan fingerprint density at radius 3 is 2.52 bits per heavy atom. The highest BCUT2D eigenvalue weighted by Crippen LogP contribution is 2.34. The van der Waals surface area contributed by atoms with Gasteiger partial charge in [-0.25, -0.2) is 9.78 Å². The highest BCUT2D eigenvalue weighted by Gasteiger charge is 2.21. The number of carboxylic acids is 1. The second kappa shape index (κ2) is 5.64. The van der Waals surface area contributed by atoms with Gasteiger partial charge in [0.25, 0.3) is 0 Å². The van der Waals surface area contributed by atoms with E-state index in [0.717, 1.165) is 5.69 Å². The summed E-state index contributed by atoms with van der Waals surface area (Å²) in [6, 6.07) is 10.7. The molecule has 0 bridgehead atoms. The molecule has 23 heavy (non-hydrogen) atoms. The minimum absolute atomic E-state index is 0.130. The van der Waals surface area contributed by atoms with E-state index in [-0.39, 0.29) is 5.69 Å². The van der Waals surface area contributed by atoms with E-state index in [4.69, 9.17) is 9.47 Å². The van der Waals surface area contributed by atoms with Crippen molar-refractivity contribution in [3.05, 3.63) is 47.8 Å². The molecule has 6 heteroatoms. The summed E-state index contributed by atoms with van der Waals surface area (Å²) < 4.78 is 12.1. The van der Waals surface area contributed by atoms with Crippen molar-refractivity contribution in [2.45, 2.75) is 6.92 Å². The van der Waals surface area contributed by atoms with Gasteiger partial charge in [0.05, 0.1) is 14.2 Å². The van der Waals surface area contributed by atoms with Gasteiger partial charge in [0.15, 0.2) is 17.2 Å². The van der Waals surface area contributed by atoms with E-state index in [1.165, 1.54) is 7.11 Å². The van der Waals surface area contributed by atoms with Crippen molar-refractivity contribution < 1.29 is 19.4 Å². The molecule has 0 unspecified atom stereocenters. The molecule has 118 valence electrons. The van der Waals surface area contributed by atoms with E-state index >= 15 is 0 Å². The number of hydrogen-bond acceptors (Lipinski definition) is 4. The molecule has 0 aliphatic rings. The van der Waals surface area contributed by atoms with Crippen LogP contribution in [0.3, 0.4) is 0 Å². The van der Waals surface area contributed by atoms with Crippen LogP contribution in [0.2, 0.25) is 0 Å². The normalized spacial score (nSPS) is 10.7. The fourth-order valence-electron chi connectivity index (χ4n) is 2.64. The van der Waals surface area contributed by atoms with E-state index in [0.29, 0.717) is 28.4 Å². The van der Waals surface area contributed by atoms with Gasteiger partial charge in [0.1, 0.15) is 11.3 Å². The molecule has 0 aliphatic heterocycles. The molecule has 3 rings (SSSR count). The van der Waals surface area contributed by atoms with Crippen molar-refractivity contribution in [1.82, 2.24) is 9.38 Å². The molecule has 6 nitrogen and oxygen atoms in total. The fraction of sp³-hybridized carbons (Fsp3) is 0.176. The maximum Gasteiger partial charge on any atom is 0.355 e. The highest BCUT2D eigenvalue weighted by molar-refractivity contribution is 5.95. The van der Waals surface area contributed by atoms with Gasteiger partial charge in [0.2, 0.25) is 0 Å². The monoisotopic (exact) mass is 312 g/mol. The first-order chi connectivity index (χ1) is 11.1. The predicted molar refractivity (Wildman–Crippen MR) is 85.4 cm³/mol. The number of rotatable bonds is 4. The third-order valence-corrected chi connectivity index (χ3v) is 3.70. The number of aromatic nitrogens is 2. The lowest BCUT2D eigenvalue weighted by molar-refractivity contribution is 0.0690. The van der Waals surface area contributed by atoms with Crippen LogP contribution in [0.1, 0.15) is 16.2 Å². The quantitative estimate of drug-likeness (QED) is 0.801. The Morgan fingerprint density at radius 1 is 1.13 bits per heavy atom. The van der Waals surface area contributed by atoms with Crippen molar-refractivity contribution in [3.8, 4) is 22.8 Å². The molecule has 1 aromatic carbocycles. The van der Waals surface area contributed by atoms with Gasteiger partial charge in [0, 0.05) is 11.3 Å². The van der Waals surface area contributed by atoms with Crippen LogP contribution < -0.4 is 9.47 Å². The second-order valence-electron chi connectivity index (χ2n) is 5.04. The number of ether oxygens (including phenoxy) is 2. The molecule has 0 saturated carbocycles. The molecule has 0 radical (unpaired) electrons. The third-order valence-electron chi connectivity index (χ3n) is 3.70. The molecular weight excluding hydrogens is 296 g/mol. The summed E-state index contributed by atoms with van der Waals surface area (Å²) in [7, 11) is 3.09. The number of nitrogens with zero attached hydrogens (tertiary/aromatic N) is 2. The van der Waals surface area contributed by atoms with E-state index in [2.05, 4.69) is 4.98 Å². The van der Waals surface area contributed by atoms with Gasteiger partial charge in [-0.15, -0.1) is 0 Å². The molecule has 0 amide bonds. The first-order valence-corrected chi connectivity index (χ1v) is 7.00. The number of aryl methyl sites for hydroxylation is 1. The van der Waals surface area contributed by atoms with Crippen LogP contribution in [-0.4, -0.2) is 34.7 Å². The molecule has 2 heterocycles. The predicted octanol–water partition coefficient (Wildman–Crippen LogP) is 3.03. The molecule has 3 aromatic rings. The van der Waals surface area contributed by atoms with Gasteiger partial charge >= 0.3 is 5.97 Å². The number of imidazole rings is 1. The topological polar surface area (TPSA) is 73.1 Å². The van der Waals surface area contributed by atoms with Crippen LogP contribution in [0.15, 0.2) is 36.4 Å². The first kappa shape index (κ1) is 14.9. The average molecular weight is 312 g/mol. The van der Waals surface area contributed by atoms with Crippen molar-refractivity contribution in [3.63, 3.8) is 0 Å². The van der Waals surface area contributed by atoms with Crippen LogP contribution in [0.5, 0.6) is 11.5 Å². The minimum atomic E-state index is -1.03. The molecule has 2 aromatic heterocycles. The number of hydrogen-bond donors (Lipinski definition) is 1. The van der Waals surface area contributed by atoms with Crippen molar-refractivity contribution in [2.24, 2.45) is 0 Å². The Labute approximate surface area is 132 Å². The summed E-state index contributed by atoms with van der Waals surface area (Å²) in [5.74, 6) is 0.0692. The van der Waals surface area contributed by atoms with Crippen LogP contribution in [0.4, 0.5) is 0 Å². The fourth-order valence-corrected chi connectivity index (χ4v) is 2.64. The zero-order valence-corrected chi connectivity index (χ0v) is 13.0. The number of pyridine rings is 1. The lowest BCUT2D eigenvalue weighted by Crippen LogP contribution is -2.05. The zero-order chi connectivity index (χ0) is 16.6. The second-order valence-corrected chi connectivity index (χ2v) is 5.04. The zero-order valence-electron chi connectivity index (χ0n) is 13.0. The largest absolute Gasteiger partial charge is 0.493 e. The van der Waals surface area contributed by atoms with E-state index in [9.17, 15) is 9.90 Å². The minimum Gasteiger partial charge on any atom is -0.493 e. The number of aromatic carboxylic acids is 1. The van der Waals surface area contributed by atoms with Gasteiger partial charge in [-0.05, 0) is 37.3 Å². The lowest BCUT2D eigenvalue weighted by atomic mass is 10.1. The average Bonchev–Trinajstić information content (AvgIpc) is 2.95. The number of fused-ring (bicyclic) bond motifs is 1. The third kappa shape index (κ3) is 2.38. The first-order valence-electron chi connectivity index (χ1n) is 7.00. The Balaban J connectivity index is 2.30. The van der Waals surface area contributed by atoms with Gasteiger partial charge < -0.3 is 14.6 Å². The summed E-state index contributed by atoms with van der Waals surface area (Å²) in [4.78, 5) is 16.3. The molecule has 0 spiro atoms. The molecule has 0 saturated heterocycles. The Kier molecular flexibility index (Phi) is 3.65. The van der Waals surface area contributed by atoms with Crippen LogP contribution in [-0.2, 0) is 0 Å². The van der Waals surface area contributed by atoms with Crippen molar-refractivity contribution in [2.75, 3.05) is 14.2 Å². The Bertz CT molecular complexity index is 899.